The minimum Gasteiger partial charge on any atom is -0.480 e. The highest BCUT2D eigenvalue weighted by Gasteiger charge is 2.62. The van der Waals surface area contributed by atoms with Gasteiger partial charge >= 0.3 is 12.1 Å². The predicted octanol–water partition coefficient (Wildman–Crippen LogP) is 2.14. The molecule has 5 heteroatoms. The molecule has 1 aliphatic heterocycles. The number of hydrogen-bond acceptors (Lipinski definition) is 3. The second kappa shape index (κ2) is 3.98. The van der Waals surface area contributed by atoms with Gasteiger partial charge in [-0.25, -0.2) is 4.79 Å². The molecule has 1 fully saturated rings. The maximum Gasteiger partial charge on any atom is 0.411 e. The summed E-state index contributed by atoms with van der Waals surface area (Å²) in [5.74, 6) is -1.03. The summed E-state index contributed by atoms with van der Waals surface area (Å²) >= 11 is 0. The van der Waals surface area contributed by atoms with Gasteiger partial charge in [-0.1, -0.05) is 24.3 Å². The Kier molecular flexibility index (Phi) is 2.58. The van der Waals surface area contributed by atoms with Crippen LogP contribution in [0.25, 0.3) is 0 Å². The van der Waals surface area contributed by atoms with Crippen molar-refractivity contribution in [3.63, 3.8) is 0 Å². The number of nitrogens with zero attached hydrogens (tertiary/aromatic N) is 1. The van der Waals surface area contributed by atoms with E-state index in [1.165, 1.54) is 4.90 Å². The van der Waals surface area contributed by atoms with Gasteiger partial charge in [-0.2, -0.15) is 0 Å². The zero-order valence-electron chi connectivity index (χ0n) is 11.5. The third-order valence-corrected chi connectivity index (χ3v) is 4.81. The van der Waals surface area contributed by atoms with Gasteiger partial charge in [-0.15, -0.1) is 0 Å². The summed E-state index contributed by atoms with van der Waals surface area (Å²) in [6.07, 6.45) is 0.979. The number of aryl methyl sites for hydroxylation is 1. The summed E-state index contributed by atoms with van der Waals surface area (Å²) in [5, 5.41) is 9.08. The third kappa shape index (κ3) is 1.49. The topological polar surface area (TPSA) is 66.8 Å². The van der Waals surface area contributed by atoms with Crippen molar-refractivity contribution in [3.8, 4) is 0 Å². The molecular weight excluding hydrogens is 258 g/mol. The number of carbonyl (C=O) groups is 2. The van der Waals surface area contributed by atoms with E-state index >= 15 is 0 Å². The Morgan fingerprint density at radius 1 is 1.40 bits per heavy atom. The minimum absolute atomic E-state index is 0.348. The number of hydrogen-bond donors (Lipinski definition) is 1. The van der Waals surface area contributed by atoms with Gasteiger partial charge in [0.05, 0.1) is 0 Å². The molecule has 1 saturated heterocycles. The minimum atomic E-state index is -1.03. The lowest BCUT2D eigenvalue weighted by Gasteiger charge is -2.46. The van der Waals surface area contributed by atoms with Crippen LogP contribution in [0.2, 0.25) is 0 Å². The molecule has 2 aliphatic rings. The predicted molar refractivity (Wildman–Crippen MR) is 71.3 cm³/mol. The number of ether oxygens (including phenoxy) is 1. The van der Waals surface area contributed by atoms with Gasteiger partial charge in [0.15, 0.2) is 0 Å². The van der Waals surface area contributed by atoms with Crippen LogP contribution in [0.1, 0.15) is 31.4 Å². The van der Waals surface area contributed by atoms with Crippen molar-refractivity contribution in [2.24, 2.45) is 0 Å². The van der Waals surface area contributed by atoms with E-state index in [-0.39, 0.29) is 6.54 Å². The Morgan fingerprint density at radius 3 is 2.80 bits per heavy atom. The van der Waals surface area contributed by atoms with E-state index in [9.17, 15) is 9.59 Å². The van der Waals surface area contributed by atoms with Gasteiger partial charge in [0.1, 0.15) is 17.7 Å². The van der Waals surface area contributed by atoms with Crippen molar-refractivity contribution in [3.05, 3.63) is 35.4 Å². The van der Waals surface area contributed by atoms with Crippen molar-refractivity contribution in [2.75, 3.05) is 6.54 Å². The van der Waals surface area contributed by atoms with Gasteiger partial charge in [0, 0.05) is 0 Å². The van der Waals surface area contributed by atoms with Gasteiger partial charge in [-0.05, 0) is 37.8 Å². The maximum atomic E-state index is 12.1. The number of carbonyl (C=O) groups excluding carboxylic acids is 1. The van der Waals surface area contributed by atoms with E-state index in [0.29, 0.717) is 6.42 Å². The average molecular weight is 275 g/mol. The van der Waals surface area contributed by atoms with Crippen LogP contribution in [0.3, 0.4) is 0 Å². The van der Waals surface area contributed by atoms with Crippen molar-refractivity contribution >= 4 is 12.1 Å². The summed E-state index contributed by atoms with van der Waals surface area (Å²) in [6, 6.07) is 7.87. The maximum absolute atomic E-state index is 12.1. The zero-order chi connectivity index (χ0) is 14.5. The van der Waals surface area contributed by atoms with Crippen LogP contribution in [0.4, 0.5) is 4.79 Å². The third-order valence-electron chi connectivity index (χ3n) is 4.81. The zero-order valence-corrected chi connectivity index (χ0v) is 11.5. The van der Waals surface area contributed by atoms with Crippen molar-refractivity contribution in [1.29, 1.82) is 0 Å². The number of amides is 1. The van der Waals surface area contributed by atoms with Crippen molar-refractivity contribution in [2.45, 2.75) is 37.8 Å². The van der Waals surface area contributed by atoms with Gasteiger partial charge in [0.2, 0.25) is 0 Å². The Bertz CT molecular complexity index is 599. The summed E-state index contributed by atoms with van der Waals surface area (Å²) < 4.78 is 5.55. The number of aliphatic carboxylic acids is 1. The molecule has 3 rings (SSSR count). The fraction of sp³-hybridized carbons (Fsp3) is 0.467. The second-order valence-electron chi connectivity index (χ2n) is 5.81. The lowest BCUT2D eigenvalue weighted by molar-refractivity contribution is -0.139. The number of benzene rings is 1. The molecule has 1 aromatic rings. The lowest BCUT2D eigenvalue weighted by Crippen LogP contribution is -2.56. The molecule has 1 heterocycles. The fourth-order valence-corrected chi connectivity index (χ4v) is 3.48. The smallest absolute Gasteiger partial charge is 0.411 e. The van der Waals surface area contributed by atoms with Crippen molar-refractivity contribution < 1.29 is 19.4 Å². The van der Waals surface area contributed by atoms with E-state index in [0.717, 1.165) is 17.5 Å². The van der Waals surface area contributed by atoms with E-state index in [1.54, 1.807) is 0 Å². The molecule has 106 valence electrons. The molecule has 20 heavy (non-hydrogen) atoms. The molecule has 1 N–H and O–H groups in total. The van der Waals surface area contributed by atoms with Crippen LogP contribution >= 0.6 is 0 Å². The van der Waals surface area contributed by atoms with Crippen LogP contribution < -0.4 is 0 Å². The molecule has 1 amide bonds. The number of rotatable bonds is 2. The molecule has 0 aromatic heterocycles. The lowest BCUT2D eigenvalue weighted by atomic mass is 9.67. The highest BCUT2D eigenvalue weighted by atomic mass is 16.6. The molecule has 2 atom stereocenters. The second-order valence-corrected chi connectivity index (χ2v) is 5.81. The largest absolute Gasteiger partial charge is 0.480 e. The van der Waals surface area contributed by atoms with Gasteiger partial charge in [0.25, 0.3) is 0 Å². The quantitative estimate of drug-likeness (QED) is 0.898. The van der Waals surface area contributed by atoms with E-state index in [1.807, 2.05) is 38.1 Å². The molecular formula is C15H17NO4. The molecule has 0 saturated carbocycles. The first-order valence-corrected chi connectivity index (χ1v) is 6.69. The Hall–Kier alpha value is -2.04. The Balaban J connectivity index is 2.18. The fourth-order valence-electron chi connectivity index (χ4n) is 3.48. The Morgan fingerprint density at radius 2 is 2.10 bits per heavy atom. The molecule has 5 nitrogen and oxygen atoms in total. The normalized spacial score (nSPS) is 31.5. The summed E-state index contributed by atoms with van der Waals surface area (Å²) in [4.78, 5) is 24.6. The highest BCUT2D eigenvalue weighted by molar-refractivity contribution is 5.80. The molecule has 1 aromatic carbocycles. The first-order valence-electron chi connectivity index (χ1n) is 6.69. The SMILES string of the molecule is C[C@]12CCc3ccccc3[C@]1(C)N(CC(=O)O)C(=O)O2. The van der Waals surface area contributed by atoms with Crippen LogP contribution in [-0.4, -0.2) is 34.2 Å². The monoisotopic (exact) mass is 275 g/mol. The molecule has 0 unspecified atom stereocenters. The van der Waals surface area contributed by atoms with Gasteiger partial charge in [-0.3, -0.25) is 9.69 Å². The van der Waals surface area contributed by atoms with Crippen LogP contribution in [0.5, 0.6) is 0 Å². The average Bonchev–Trinajstić information content (AvgIpc) is 2.59. The first-order chi connectivity index (χ1) is 9.38. The Labute approximate surface area is 117 Å². The molecule has 0 radical (unpaired) electrons. The highest BCUT2D eigenvalue weighted by Crippen LogP contribution is 2.52. The summed E-state index contributed by atoms with van der Waals surface area (Å²) in [7, 11) is 0. The number of carboxylic acids is 1. The molecule has 0 bridgehead atoms. The summed E-state index contributed by atoms with van der Waals surface area (Å²) in [5.41, 5.74) is 0.715. The van der Waals surface area contributed by atoms with Crippen LogP contribution in [0, 0.1) is 0 Å². The first kappa shape index (κ1) is 13.0. The summed E-state index contributed by atoms with van der Waals surface area (Å²) in [6.45, 7) is 3.45. The number of fused-ring (bicyclic) bond motifs is 3. The van der Waals surface area contributed by atoms with E-state index in [2.05, 4.69) is 0 Å². The van der Waals surface area contributed by atoms with Crippen LogP contribution in [-0.2, 0) is 21.5 Å². The van der Waals surface area contributed by atoms with E-state index < -0.39 is 23.2 Å². The van der Waals surface area contributed by atoms with E-state index in [4.69, 9.17) is 9.84 Å². The molecule has 0 spiro atoms. The molecule has 1 aliphatic carbocycles. The number of carboxylic acid groups (broad SMARTS) is 1. The van der Waals surface area contributed by atoms with Gasteiger partial charge < -0.3 is 9.84 Å². The standard InChI is InChI=1S/C15H17NO4/c1-14-8-7-10-5-3-4-6-11(10)15(14,2)16(9-12(17)18)13(19)20-14/h3-6H,7-9H2,1-2H3,(H,17,18)/t14-,15-/m0/s1. The van der Waals surface area contributed by atoms with Crippen LogP contribution in [0.15, 0.2) is 24.3 Å². The van der Waals surface area contributed by atoms with Crippen molar-refractivity contribution in [1.82, 2.24) is 4.90 Å².